The van der Waals surface area contributed by atoms with Gasteiger partial charge >= 0.3 is 0 Å². The maximum Gasteiger partial charge on any atom is 0.283 e. The first-order chi connectivity index (χ1) is 9.47. The molecule has 0 aliphatic rings. The Hall–Kier alpha value is -1.66. The van der Waals surface area contributed by atoms with E-state index < -0.39 is 4.92 Å². The number of halogens is 1. The van der Waals surface area contributed by atoms with Crippen LogP contribution in [0.15, 0.2) is 39.2 Å². The number of hydrogen-bond acceptors (Lipinski definition) is 4. The molecule has 0 amide bonds. The monoisotopic (exact) mass is 338 g/mol. The molecule has 2 aromatic rings. The highest BCUT2D eigenvalue weighted by Gasteiger charge is 2.14. The molecule has 6 heteroatoms. The van der Waals surface area contributed by atoms with Crippen molar-refractivity contribution in [2.24, 2.45) is 0 Å². The van der Waals surface area contributed by atoms with Gasteiger partial charge in [0.2, 0.25) is 0 Å². The smallest absolute Gasteiger partial charge is 0.283 e. The molecule has 20 heavy (non-hydrogen) atoms. The molecule has 0 fully saturated rings. The van der Waals surface area contributed by atoms with Crippen molar-refractivity contribution in [2.45, 2.75) is 26.4 Å². The van der Waals surface area contributed by atoms with Crippen molar-refractivity contribution in [3.8, 4) is 11.3 Å². The van der Waals surface area contributed by atoms with Crippen molar-refractivity contribution in [1.82, 2.24) is 5.32 Å². The SMILES string of the molecule is CC(C)NCc1ccc(-c2ccc([N+](=O)[O-])c(Br)c2)o1. The van der Waals surface area contributed by atoms with Crippen molar-refractivity contribution in [1.29, 1.82) is 0 Å². The van der Waals surface area contributed by atoms with E-state index in [2.05, 4.69) is 35.1 Å². The van der Waals surface area contributed by atoms with E-state index in [1.165, 1.54) is 6.07 Å². The summed E-state index contributed by atoms with van der Waals surface area (Å²) in [5, 5.41) is 14.0. The number of benzene rings is 1. The minimum atomic E-state index is -0.423. The Balaban J connectivity index is 2.20. The maximum absolute atomic E-state index is 10.8. The van der Waals surface area contributed by atoms with Gasteiger partial charge in [-0.3, -0.25) is 10.1 Å². The molecule has 106 valence electrons. The molecule has 0 aliphatic heterocycles. The Morgan fingerprint density at radius 1 is 1.35 bits per heavy atom. The van der Waals surface area contributed by atoms with Crippen molar-refractivity contribution in [3.05, 3.63) is 50.7 Å². The molecule has 1 N–H and O–H groups in total. The molecule has 1 aromatic heterocycles. The Morgan fingerprint density at radius 3 is 2.70 bits per heavy atom. The van der Waals surface area contributed by atoms with E-state index in [1.54, 1.807) is 12.1 Å². The standard InChI is InChI=1S/C14H15BrN2O3/c1-9(2)16-8-11-4-6-14(20-11)10-3-5-13(17(18)19)12(15)7-10/h3-7,9,16H,8H2,1-2H3. The summed E-state index contributed by atoms with van der Waals surface area (Å²) >= 11 is 3.21. The minimum absolute atomic E-state index is 0.0435. The number of nitro groups is 1. The van der Waals surface area contributed by atoms with E-state index in [1.807, 2.05) is 12.1 Å². The van der Waals surface area contributed by atoms with Gasteiger partial charge in [-0.05, 0) is 40.2 Å². The second kappa shape index (κ2) is 6.19. The average molecular weight is 339 g/mol. The van der Waals surface area contributed by atoms with Crippen LogP contribution >= 0.6 is 15.9 Å². The third kappa shape index (κ3) is 3.46. The van der Waals surface area contributed by atoms with Gasteiger partial charge in [0, 0.05) is 17.7 Å². The summed E-state index contributed by atoms with van der Waals surface area (Å²) in [5.74, 6) is 1.53. The number of nitrogens with one attached hydrogen (secondary N) is 1. The molecule has 0 unspecified atom stereocenters. The average Bonchev–Trinajstić information content (AvgIpc) is 2.84. The van der Waals surface area contributed by atoms with E-state index in [0.717, 1.165) is 11.3 Å². The second-order valence-corrected chi connectivity index (χ2v) is 5.58. The molecule has 1 aromatic carbocycles. The van der Waals surface area contributed by atoms with Crippen LogP contribution in [0.25, 0.3) is 11.3 Å². The fraction of sp³-hybridized carbons (Fsp3) is 0.286. The van der Waals surface area contributed by atoms with E-state index in [9.17, 15) is 10.1 Å². The molecule has 0 bridgehead atoms. The summed E-state index contributed by atoms with van der Waals surface area (Å²) in [5.41, 5.74) is 0.847. The van der Waals surface area contributed by atoms with E-state index in [0.29, 0.717) is 22.8 Å². The number of nitrogens with zero attached hydrogens (tertiary/aromatic N) is 1. The van der Waals surface area contributed by atoms with Crippen LogP contribution in [0.4, 0.5) is 5.69 Å². The lowest BCUT2D eigenvalue weighted by Crippen LogP contribution is -2.21. The van der Waals surface area contributed by atoms with Crippen LogP contribution in [-0.2, 0) is 6.54 Å². The van der Waals surface area contributed by atoms with E-state index in [4.69, 9.17) is 4.42 Å². The molecule has 0 spiro atoms. The zero-order valence-corrected chi connectivity index (χ0v) is 12.8. The van der Waals surface area contributed by atoms with Crippen LogP contribution in [0.3, 0.4) is 0 Å². The summed E-state index contributed by atoms with van der Waals surface area (Å²) in [6.45, 7) is 4.79. The highest BCUT2D eigenvalue weighted by atomic mass is 79.9. The third-order valence-corrected chi connectivity index (χ3v) is 3.41. The van der Waals surface area contributed by atoms with E-state index in [-0.39, 0.29) is 5.69 Å². The molecule has 0 saturated carbocycles. The Kier molecular flexibility index (Phi) is 4.57. The first-order valence-corrected chi connectivity index (χ1v) is 7.03. The topological polar surface area (TPSA) is 68.3 Å². The predicted molar refractivity (Wildman–Crippen MR) is 80.5 cm³/mol. The molecule has 5 nitrogen and oxygen atoms in total. The van der Waals surface area contributed by atoms with Gasteiger partial charge in [0.25, 0.3) is 5.69 Å². The number of furan rings is 1. The van der Waals surface area contributed by atoms with Crippen LogP contribution in [0.5, 0.6) is 0 Å². The lowest BCUT2D eigenvalue weighted by atomic mass is 10.1. The largest absolute Gasteiger partial charge is 0.460 e. The summed E-state index contributed by atoms with van der Waals surface area (Å²) in [4.78, 5) is 10.3. The van der Waals surface area contributed by atoms with Gasteiger partial charge in [0.15, 0.2) is 0 Å². The fourth-order valence-corrected chi connectivity index (χ4v) is 2.26. The highest BCUT2D eigenvalue weighted by Crippen LogP contribution is 2.31. The number of hydrogen-bond donors (Lipinski definition) is 1. The number of rotatable bonds is 5. The Labute approximate surface area is 125 Å². The lowest BCUT2D eigenvalue weighted by Gasteiger charge is -2.05. The maximum atomic E-state index is 10.8. The Morgan fingerprint density at radius 2 is 2.10 bits per heavy atom. The summed E-state index contributed by atoms with van der Waals surface area (Å²) in [6.07, 6.45) is 0. The van der Waals surface area contributed by atoms with Crippen LogP contribution in [-0.4, -0.2) is 11.0 Å². The molecule has 0 saturated heterocycles. The highest BCUT2D eigenvalue weighted by molar-refractivity contribution is 9.10. The van der Waals surface area contributed by atoms with Crippen molar-refractivity contribution in [2.75, 3.05) is 0 Å². The third-order valence-electron chi connectivity index (χ3n) is 2.78. The summed E-state index contributed by atoms with van der Waals surface area (Å²) in [6, 6.07) is 8.99. The molecular formula is C14H15BrN2O3. The minimum Gasteiger partial charge on any atom is -0.460 e. The van der Waals surface area contributed by atoms with Gasteiger partial charge in [-0.2, -0.15) is 0 Å². The molecule has 0 radical (unpaired) electrons. The zero-order chi connectivity index (χ0) is 14.7. The van der Waals surface area contributed by atoms with Crippen LogP contribution in [0.2, 0.25) is 0 Å². The van der Waals surface area contributed by atoms with Crippen LogP contribution in [0.1, 0.15) is 19.6 Å². The van der Waals surface area contributed by atoms with Crippen LogP contribution in [0, 0.1) is 10.1 Å². The molecule has 1 heterocycles. The van der Waals surface area contributed by atoms with Gasteiger partial charge in [-0.25, -0.2) is 0 Å². The summed E-state index contributed by atoms with van der Waals surface area (Å²) in [7, 11) is 0. The molecule has 0 aliphatic carbocycles. The number of nitro benzene ring substituents is 1. The molecular weight excluding hydrogens is 324 g/mol. The lowest BCUT2D eigenvalue weighted by molar-refractivity contribution is -0.385. The first-order valence-electron chi connectivity index (χ1n) is 6.24. The summed E-state index contributed by atoms with van der Waals surface area (Å²) < 4.78 is 6.17. The van der Waals surface area contributed by atoms with Gasteiger partial charge in [-0.1, -0.05) is 13.8 Å². The quantitative estimate of drug-likeness (QED) is 0.657. The first kappa shape index (κ1) is 14.7. The normalized spacial score (nSPS) is 11.0. The fourth-order valence-electron chi connectivity index (χ4n) is 1.74. The van der Waals surface area contributed by atoms with Gasteiger partial charge in [0.05, 0.1) is 15.9 Å². The second-order valence-electron chi connectivity index (χ2n) is 4.72. The van der Waals surface area contributed by atoms with Gasteiger partial charge in [-0.15, -0.1) is 0 Å². The predicted octanol–water partition coefficient (Wildman–Crippen LogP) is 4.12. The molecule has 0 atom stereocenters. The van der Waals surface area contributed by atoms with E-state index >= 15 is 0 Å². The van der Waals surface area contributed by atoms with Gasteiger partial charge < -0.3 is 9.73 Å². The molecule has 2 rings (SSSR count). The van der Waals surface area contributed by atoms with Crippen LogP contribution < -0.4 is 5.32 Å². The van der Waals surface area contributed by atoms with Crippen molar-refractivity contribution < 1.29 is 9.34 Å². The Bertz CT molecular complexity index is 623. The zero-order valence-electron chi connectivity index (χ0n) is 11.2. The van der Waals surface area contributed by atoms with Gasteiger partial charge in [0.1, 0.15) is 11.5 Å². The van der Waals surface area contributed by atoms with Crippen molar-refractivity contribution >= 4 is 21.6 Å². The van der Waals surface area contributed by atoms with Crippen molar-refractivity contribution in [3.63, 3.8) is 0 Å².